The van der Waals surface area contributed by atoms with Crippen LogP contribution in [-0.4, -0.2) is 48.6 Å². The Morgan fingerprint density at radius 3 is 2.49 bits per heavy atom. The van der Waals surface area contributed by atoms with Gasteiger partial charge in [0.2, 0.25) is 5.91 Å². The van der Waals surface area contributed by atoms with Crippen molar-refractivity contribution < 1.29 is 19.1 Å². The van der Waals surface area contributed by atoms with Crippen molar-refractivity contribution in [1.82, 2.24) is 4.90 Å². The highest BCUT2D eigenvalue weighted by molar-refractivity contribution is 7.80. The Balaban J connectivity index is 1.56. The van der Waals surface area contributed by atoms with Crippen LogP contribution in [0.1, 0.15) is 16.9 Å². The monoisotopic (exact) mass is 509 g/mol. The van der Waals surface area contributed by atoms with Gasteiger partial charge in [0.05, 0.1) is 26.3 Å². The Bertz CT molecular complexity index is 1230. The van der Waals surface area contributed by atoms with E-state index >= 15 is 0 Å². The van der Waals surface area contributed by atoms with Crippen LogP contribution in [0.5, 0.6) is 11.5 Å². The zero-order valence-corrected chi connectivity index (χ0v) is 21.4. The van der Waals surface area contributed by atoms with Crippen LogP contribution in [0.25, 0.3) is 0 Å². The molecule has 2 heterocycles. The molecular weight excluding hydrogens is 482 g/mol. The highest BCUT2D eigenvalue weighted by Gasteiger charge is 2.44. The van der Waals surface area contributed by atoms with E-state index in [9.17, 15) is 9.59 Å². The van der Waals surface area contributed by atoms with Gasteiger partial charge < -0.3 is 19.7 Å². The van der Waals surface area contributed by atoms with Gasteiger partial charge in [0.1, 0.15) is 17.5 Å². The summed E-state index contributed by atoms with van der Waals surface area (Å²) < 4.78 is 10.5. The molecule has 2 aromatic carbocycles. The molecule has 4 rings (SSSR count). The van der Waals surface area contributed by atoms with E-state index in [1.54, 1.807) is 55.9 Å². The number of hydrogen-bond donors (Lipinski definition) is 1. The molecule has 0 bridgehead atoms. The number of amides is 2. The first kappa shape index (κ1) is 24.7. The van der Waals surface area contributed by atoms with E-state index in [2.05, 4.69) is 23.7 Å². The van der Waals surface area contributed by atoms with Crippen molar-refractivity contribution in [3.8, 4) is 11.5 Å². The van der Waals surface area contributed by atoms with Gasteiger partial charge in [-0.15, -0.1) is 11.3 Å². The van der Waals surface area contributed by atoms with Crippen molar-refractivity contribution in [2.24, 2.45) is 0 Å². The van der Waals surface area contributed by atoms with Gasteiger partial charge in [0.25, 0.3) is 5.91 Å². The van der Waals surface area contributed by atoms with E-state index < -0.39 is 6.04 Å². The lowest BCUT2D eigenvalue weighted by Gasteiger charge is -2.24. The lowest BCUT2D eigenvalue weighted by Crippen LogP contribution is -2.39. The first-order valence-electron chi connectivity index (χ1n) is 11.2. The van der Waals surface area contributed by atoms with Crippen LogP contribution in [0.15, 0.2) is 60.0 Å². The summed E-state index contributed by atoms with van der Waals surface area (Å²) in [6.45, 7) is 2.61. The molecule has 1 aromatic heterocycles. The van der Waals surface area contributed by atoms with Crippen LogP contribution in [0.4, 0.5) is 11.4 Å². The number of nitrogens with one attached hydrogen (secondary N) is 1. The fourth-order valence-electron chi connectivity index (χ4n) is 4.02. The molecule has 1 aliphatic rings. The number of nitrogens with zero attached hydrogens (tertiary/aromatic N) is 2. The summed E-state index contributed by atoms with van der Waals surface area (Å²) >= 11 is 7.45. The molecule has 1 fully saturated rings. The molecule has 0 radical (unpaired) electrons. The molecule has 1 atom stereocenters. The number of thiophene rings is 1. The lowest BCUT2D eigenvalue weighted by molar-refractivity contribution is -0.124. The van der Waals surface area contributed by atoms with Crippen molar-refractivity contribution in [3.63, 3.8) is 0 Å². The van der Waals surface area contributed by atoms with Crippen molar-refractivity contribution in [2.75, 3.05) is 31.0 Å². The Morgan fingerprint density at radius 2 is 1.83 bits per heavy atom. The maximum Gasteiger partial charge on any atom is 0.256 e. The molecule has 1 saturated heterocycles. The second kappa shape index (κ2) is 10.9. The number of aryl methyl sites for hydroxylation is 1. The maximum atomic E-state index is 13.6. The third-order valence-electron chi connectivity index (χ3n) is 5.93. The summed E-state index contributed by atoms with van der Waals surface area (Å²) in [6.07, 6.45) is 0.717. The molecule has 7 nitrogen and oxygen atoms in total. The first-order chi connectivity index (χ1) is 16.9. The molecule has 0 unspecified atom stereocenters. The van der Waals surface area contributed by atoms with Gasteiger partial charge in [0, 0.05) is 23.2 Å². The van der Waals surface area contributed by atoms with Crippen LogP contribution in [0.3, 0.4) is 0 Å². The summed E-state index contributed by atoms with van der Waals surface area (Å²) in [6, 6.07) is 15.6. The van der Waals surface area contributed by atoms with Crippen LogP contribution in [0, 0.1) is 6.92 Å². The minimum absolute atomic E-state index is 0.0190. The van der Waals surface area contributed by atoms with Gasteiger partial charge in [-0.3, -0.25) is 14.5 Å². The predicted molar refractivity (Wildman–Crippen MR) is 143 cm³/mol. The number of methoxy groups -OCH3 is 2. The molecule has 0 spiro atoms. The quantitative estimate of drug-likeness (QED) is 0.424. The summed E-state index contributed by atoms with van der Waals surface area (Å²) in [5.41, 5.74) is 2.47. The maximum absolute atomic E-state index is 13.6. The van der Waals surface area contributed by atoms with Crippen molar-refractivity contribution in [3.05, 3.63) is 70.4 Å². The molecule has 3 aromatic rings. The van der Waals surface area contributed by atoms with E-state index in [1.807, 2.05) is 23.1 Å². The average molecular weight is 510 g/mol. The number of anilines is 2. The van der Waals surface area contributed by atoms with Crippen molar-refractivity contribution >= 4 is 51.9 Å². The summed E-state index contributed by atoms with van der Waals surface area (Å²) in [4.78, 5) is 31.1. The van der Waals surface area contributed by atoms with E-state index in [-0.39, 0.29) is 18.2 Å². The smallest absolute Gasteiger partial charge is 0.256 e. The number of thiocarbonyl (C=S) groups is 1. The highest BCUT2D eigenvalue weighted by atomic mass is 32.1. The number of hydrogen-bond acceptors (Lipinski definition) is 6. The van der Waals surface area contributed by atoms with Crippen molar-refractivity contribution in [2.45, 2.75) is 25.8 Å². The first-order valence-corrected chi connectivity index (χ1v) is 12.5. The Labute approximate surface area is 214 Å². The molecule has 1 aliphatic heterocycles. The second-order valence-corrected chi connectivity index (χ2v) is 9.49. The molecule has 35 heavy (non-hydrogen) atoms. The molecule has 2 amide bonds. The van der Waals surface area contributed by atoms with Gasteiger partial charge in [0.15, 0.2) is 5.11 Å². The lowest BCUT2D eigenvalue weighted by atomic mass is 10.1. The molecule has 9 heteroatoms. The van der Waals surface area contributed by atoms with E-state index in [1.165, 1.54) is 15.3 Å². The molecule has 182 valence electrons. The molecule has 0 aliphatic carbocycles. The second-order valence-electron chi connectivity index (χ2n) is 8.12. The van der Waals surface area contributed by atoms with Gasteiger partial charge >= 0.3 is 0 Å². The fraction of sp³-hybridized carbons (Fsp3) is 0.269. The van der Waals surface area contributed by atoms with Crippen LogP contribution >= 0.6 is 23.6 Å². The molecule has 1 N–H and O–H groups in total. The highest BCUT2D eigenvalue weighted by Crippen LogP contribution is 2.30. The number of rotatable bonds is 9. The van der Waals surface area contributed by atoms with Gasteiger partial charge in [-0.05, 0) is 79.0 Å². The standard InChI is InChI=1S/C26H27N3O4S2/c1-17-12-14-35-23(17)11-13-28-22(16-24(30)27-18-7-9-20(32-2)10-8-18)25(31)29(26(28)34)19-5-4-6-21(15-19)33-3/h4-10,12,14-15,22H,11,13,16H2,1-3H3,(H,27,30)/t22-/m0/s1. The minimum atomic E-state index is -0.702. The summed E-state index contributed by atoms with van der Waals surface area (Å²) in [5, 5.41) is 5.32. The zero-order chi connectivity index (χ0) is 24.9. The SMILES string of the molecule is COc1ccc(NC(=O)C[C@H]2C(=O)N(c3cccc(OC)c3)C(=S)N2CCc2sccc2C)cc1. The summed E-state index contributed by atoms with van der Waals surface area (Å²) in [7, 11) is 3.16. The Morgan fingerprint density at radius 1 is 1.09 bits per heavy atom. The number of benzene rings is 2. The number of ether oxygens (including phenoxy) is 2. The van der Waals surface area contributed by atoms with Crippen LogP contribution in [-0.2, 0) is 16.0 Å². The molecule has 0 saturated carbocycles. The summed E-state index contributed by atoms with van der Waals surface area (Å²) in [5.74, 6) is 0.833. The zero-order valence-electron chi connectivity index (χ0n) is 19.8. The average Bonchev–Trinajstić information content (AvgIpc) is 3.37. The van der Waals surface area contributed by atoms with E-state index in [0.29, 0.717) is 34.5 Å². The predicted octanol–water partition coefficient (Wildman–Crippen LogP) is 4.65. The fourth-order valence-corrected chi connectivity index (χ4v) is 5.33. The third kappa shape index (κ3) is 5.47. The van der Waals surface area contributed by atoms with Crippen molar-refractivity contribution in [1.29, 1.82) is 0 Å². The normalized spacial score (nSPS) is 15.5. The van der Waals surface area contributed by atoms with Crippen LogP contribution < -0.4 is 19.7 Å². The largest absolute Gasteiger partial charge is 0.497 e. The van der Waals surface area contributed by atoms with E-state index in [0.717, 1.165) is 6.42 Å². The molecular formula is C26H27N3O4S2. The third-order valence-corrected chi connectivity index (χ3v) is 7.43. The van der Waals surface area contributed by atoms with Gasteiger partial charge in [-0.2, -0.15) is 0 Å². The van der Waals surface area contributed by atoms with Crippen LogP contribution in [0.2, 0.25) is 0 Å². The number of carbonyl (C=O) groups excluding carboxylic acids is 2. The minimum Gasteiger partial charge on any atom is -0.497 e. The topological polar surface area (TPSA) is 71.1 Å². The number of carbonyl (C=O) groups is 2. The van der Waals surface area contributed by atoms with Gasteiger partial charge in [-0.1, -0.05) is 6.07 Å². The van der Waals surface area contributed by atoms with E-state index in [4.69, 9.17) is 21.7 Å². The van der Waals surface area contributed by atoms with Gasteiger partial charge in [-0.25, -0.2) is 0 Å². The Kier molecular flexibility index (Phi) is 7.67. The Hall–Kier alpha value is -3.43.